The van der Waals surface area contributed by atoms with Gasteiger partial charge >= 0.3 is 0 Å². The minimum atomic E-state index is -2.61. The molecule has 116 valence electrons. The molecule has 2 rings (SSSR count). The van der Waals surface area contributed by atoms with Crippen LogP contribution in [0.15, 0.2) is 36.5 Å². The molecular formula is C14H11Cl2F2N3O. The highest BCUT2D eigenvalue weighted by Crippen LogP contribution is 2.24. The third kappa shape index (κ3) is 4.54. The molecule has 0 saturated heterocycles. The standard InChI is InChI=1S/C14H11Cl2F2N3O/c15-9-1-3-10(4-2-9)21-13-11(16)5-8(6-19-13)14(22)20-7-12(17)18/h1-6,12H,7H2,(H,19,21)(H,20,22). The van der Waals surface area contributed by atoms with Gasteiger partial charge in [0.05, 0.1) is 17.1 Å². The van der Waals surface area contributed by atoms with Crippen molar-refractivity contribution in [2.24, 2.45) is 0 Å². The molecule has 22 heavy (non-hydrogen) atoms. The molecule has 0 unspecified atom stereocenters. The van der Waals surface area contributed by atoms with Crippen LogP contribution in [-0.2, 0) is 0 Å². The number of nitrogens with one attached hydrogen (secondary N) is 2. The van der Waals surface area contributed by atoms with E-state index in [4.69, 9.17) is 23.2 Å². The maximum Gasteiger partial charge on any atom is 0.255 e. The average molecular weight is 346 g/mol. The molecule has 1 heterocycles. The van der Waals surface area contributed by atoms with Crippen LogP contribution in [0.1, 0.15) is 10.4 Å². The predicted octanol–water partition coefficient (Wildman–Crippen LogP) is 4.13. The molecule has 0 fully saturated rings. The van der Waals surface area contributed by atoms with E-state index in [1.807, 2.05) is 0 Å². The number of alkyl halides is 2. The van der Waals surface area contributed by atoms with Gasteiger partial charge in [-0.15, -0.1) is 0 Å². The zero-order valence-corrected chi connectivity index (χ0v) is 12.6. The largest absolute Gasteiger partial charge is 0.346 e. The normalized spacial score (nSPS) is 10.6. The first-order chi connectivity index (χ1) is 10.5. The van der Waals surface area contributed by atoms with Crippen LogP contribution in [0.25, 0.3) is 0 Å². The molecule has 0 aliphatic carbocycles. The molecule has 0 spiro atoms. The summed E-state index contributed by atoms with van der Waals surface area (Å²) < 4.78 is 24.1. The van der Waals surface area contributed by atoms with Gasteiger partial charge in [0.1, 0.15) is 5.82 Å². The number of anilines is 2. The number of hydrogen-bond donors (Lipinski definition) is 2. The monoisotopic (exact) mass is 345 g/mol. The zero-order chi connectivity index (χ0) is 16.1. The quantitative estimate of drug-likeness (QED) is 0.856. The van der Waals surface area contributed by atoms with Gasteiger partial charge in [-0.1, -0.05) is 23.2 Å². The van der Waals surface area contributed by atoms with Crippen LogP contribution in [-0.4, -0.2) is 23.9 Å². The molecule has 2 aromatic rings. The van der Waals surface area contributed by atoms with Crippen LogP contribution in [0.2, 0.25) is 10.0 Å². The summed E-state index contributed by atoms with van der Waals surface area (Å²) in [5.41, 5.74) is 0.820. The first-order valence-electron chi connectivity index (χ1n) is 6.20. The Labute approximate surface area is 135 Å². The Balaban J connectivity index is 2.09. The van der Waals surface area contributed by atoms with E-state index in [0.29, 0.717) is 16.5 Å². The summed E-state index contributed by atoms with van der Waals surface area (Å²) in [5.74, 6) is -0.317. The number of halogens is 4. The second-order valence-corrected chi connectivity index (χ2v) is 5.13. The number of rotatable bonds is 5. The van der Waals surface area contributed by atoms with Crippen LogP contribution >= 0.6 is 23.2 Å². The third-order valence-electron chi connectivity index (χ3n) is 2.63. The van der Waals surface area contributed by atoms with Crippen molar-refractivity contribution in [2.75, 3.05) is 11.9 Å². The lowest BCUT2D eigenvalue weighted by Crippen LogP contribution is -2.28. The van der Waals surface area contributed by atoms with E-state index in [1.54, 1.807) is 24.3 Å². The van der Waals surface area contributed by atoms with Crippen LogP contribution in [0.5, 0.6) is 0 Å². The summed E-state index contributed by atoms with van der Waals surface area (Å²) in [6.45, 7) is -0.721. The summed E-state index contributed by atoms with van der Waals surface area (Å²) >= 11 is 11.8. The molecule has 4 nitrogen and oxygen atoms in total. The molecule has 0 saturated carbocycles. The number of hydrogen-bond acceptors (Lipinski definition) is 3. The van der Waals surface area contributed by atoms with Crippen LogP contribution in [0, 0.1) is 0 Å². The van der Waals surface area contributed by atoms with Gasteiger partial charge in [-0.3, -0.25) is 4.79 Å². The molecular weight excluding hydrogens is 335 g/mol. The maximum absolute atomic E-state index is 12.0. The Hall–Kier alpha value is -1.92. The van der Waals surface area contributed by atoms with Crippen molar-refractivity contribution >= 4 is 40.6 Å². The summed E-state index contributed by atoms with van der Waals surface area (Å²) in [5, 5.41) is 5.83. The van der Waals surface area contributed by atoms with Gasteiger partial charge in [0.25, 0.3) is 12.3 Å². The number of carbonyl (C=O) groups is 1. The van der Waals surface area contributed by atoms with Gasteiger partial charge in [-0.25, -0.2) is 13.8 Å². The van der Waals surface area contributed by atoms with Crippen molar-refractivity contribution < 1.29 is 13.6 Å². The van der Waals surface area contributed by atoms with E-state index in [1.165, 1.54) is 12.3 Å². The number of amides is 1. The van der Waals surface area contributed by atoms with Gasteiger partial charge in [-0.05, 0) is 30.3 Å². The molecule has 1 amide bonds. The third-order valence-corrected chi connectivity index (χ3v) is 3.17. The number of aromatic nitrogens is 1. The van der Waals surface area contributed by atoms with Gasteiger partial charge < -0.3 is 10.6 Å². The summed E-state index contributed by atoms with van der Waals surface area (Å²) in [6.07, 6.45) is -1.36. The molecule has 8 heteroatoms. The number of nitrogens with zero attached hydrogens (tertiary/aromatic N) is 1. The van der Waals surface area contributed by atoms with Crippen molar-refractivity contribution in [3.05, 3.63) is 52.1 Å². The van der Waals surface area contributed by atoms with Gasteiger partial charge in [0.15, 0.2) is 0 Å². The lowest BCUT2D eigenvalue weighted by atomic mass is 10.2. The lowest BCUT2D eigenvalue weighted by Gasteiger charge is -2.09. The fourth-order valence-corrected chi connectivity index (χ4v) is 1.94. The number of pyridine rings is 1. The van der Waals surface area contributed by atoms with Gasteiger partial charge in [0.2, 0.25) is 0 Å². The summed E-state index contributed by atoms with van der Waals surface area (Å²) in [7, 11) is 0. The average Bonchev–Trinajstić information content (AvgIpc) is 2.49. The first kappa shape index (κ1) is 16.5. The molecule has 0 bridgehead atoms. The van der Waals surface area contributed by atoms with Crippen molar-refractivity contribution in [3.8, 4) is 0 Å². The van der Waals surface area contributed by atoms with E-state index in [2.05, 4.69) is 15.6 Å². The molecule has 0 radical (unpaired) electrons. The van der Waals surface area contributed by atoms with Crippen LogP contribution < -0.4 is 10.6 Å². The van der Waals surface area contributed by atoms with E-state index in [9.17, 15) is 13.6 Å². The highest BCUT2D eigenvalue weighted by Gasteiger charge is 2.12. The van der Waals surface area contributed by atoms with E-state index in [0.717, 1.165) is 0 Å². The minimum absolute atomic E-state index is 0.104. The second kappa shape index (κ2) is 7.38. The molecule has 1 aromatic heterocycles. The van der Waals surface area contributed by atoms with E-state index < -0.39 is 18.9 Å². The van der Waals surface area contributed by atoms with E-state index >= 15 is 0 Å². The maximum atomic E-state index is 12.0. The number of benzene rings is 1. The second-order valence-electron chi connectivity index (χ2n) is 4.29. The minimum Gasteiger partial charge on any atom is -0.346 e. The lowest BCUT2D eigenvalue weighted by molar-refractivity contribution is 0.0891. The van der Waals surface area contributed by atoms with Crippen molar-refractivity contribution in [1.29, 1.82) is 0 Å². The van der Waals surface area contributed by atoms with Crippen LogP contribution in [0.3, 0.4) is 0 Å². The first-order valence-corrected chi connectivity index (χ1v) is 6.96. The molecule has 1 aromatic carbocycles. The zero-order valence-electron chi connectivity index (χ0n) is 11.1. The molecule has 0 aliphatic rings. The molecule has 0 atom stereocenters. The van der Waals surface area contributed by atoms with Gasteiger partial charge in [0, 0.05) is 16.9 Å². The highest BCUT2D eigenvalue weighted by atomic mass is 35.5. The SMILES string of the molecule is O=C(NCC(F)F)c1cnc(Nc2ccc(Cl)cc2)c(Cl)c1. The Bertz CT molecular complexity index is 666. The number of carbonyl (C=O) groups excluding carboxylic acids is 1. The highest BCUT2D eigenvalue weighted by molar-refractivity contribution is 6.33. The Morgan fingerprint density at radius 3 is 2.50 bits per heavy atom. The Morgan fingerprint density at radius 2 is 1.91 bits per heavy atom. The summed E-state index contributed by atoms with van der Waals surface area (Å²) in [6, 6.07) is 8.23. The predicted molar refractivity (Wildman–Crippen MR) is 82.3 cm³/mol. The van der Waals surface area contributed by atoms with Crippen molar-refractivity contribution in [1.82, 2.24) is 10.3 Å². The summed E-state index contributed by atoms with van der Waals surface area (Å²) in [4.78, 5) is 15.7. The van der Waals surface area contributed by atoms with Crippen molar-refractivity contribution in [2.45, 2.75) is 6.43 Å². The molecule has 2 N–H and O–H groups in total. The fourth-order valence-electron chi connectivity index (χ4n) is 1.60. The fraction of sp³-hybridized carbons (Fsp3) is 0.143. The Kier molecular flexibility index (Phi) is 5.51. The van der Waals surface area contributed by atoms with Crippen LogP contribution in [0.4, 0.5) is 20.3 Å². The van der Waals surface area contributed by atoms with Gasteiger partial charge in [-0.2, -0.15) is 0 Å². The smallest absolute Gasteiger partial charge is 0.255 e. The molecule has 0 aliphatic heterocycles. The topological polar surface area (TPSA) is 54.0 Å². The Morgan fingerprint density at radius 1 is 1.23 bits per heavy atom. The van der Waals surface area contributed by atoms with E-state index in [-0.39, 0.29) is 10.6 Å². The van der Waals surface area contributed by atoms with Crippen molar-refractivity contribution in [3.63, 3.8) is 0 Å².